The Hall–Kier alpha value is -2.32. The quantitative estimate of drug-likeness (QED) is 0.855. The van der Waals surface area contributed by atoms with Crippen LogP contribution in [0.4, 0.5) is 0 Å². The van der Waals surface area contributed by atoms with Crippen LogP contribution in [0.25, 0.3) is 0 Å². The van der Waals surface area contributed by atoms with Gasteiger partial charge < -0.3 is 14.6 Å². The molecule has 1 aliphatic rings. The van der Waals surface area contributed by atoms with E-state index in [4.69, 9.17) is 4.74 Å². The summed E-state index contributed by atoms with van der Waals surface area (Å²) in [6.07, 6.45) is 5.29. The van der Waals surface area contributed by atoms with Gasteiger partial charge in [0.25, 0.3) is 0 Å². The van der Waals surface area contributed by atoms with Crippen molar-refractivity contribution < 1.29 is 9.53 Å². The van der Waals surface area contributed by atoms with Gasteiger partial charge in [0.05, 0.1) is 25.4 Å². The Morgan fingerprint density at radius 3 is 3.04 bits per heavy atom. The molecule has 3 heterocycles. The molecule has 0 saturated carbocycles. The average Bonchev–Trinajstić information content (AvgIpc) is 2.98. The van der Waals surface area contributed by atoms with E-state index in [2.05, 4.69) is 25.2 Å². The van der Waals surface area contributed by atoms with Crippen LogP contribution in [0.1, 0.15) is 30.4 Å². The highest BCUT2D eigenvalue weighted by molar-refractivity contribution is 5.72. The van der Waals surface area contributed by atoms with Crippen molar-refractivity contribution in [3.63, 3.8) is 0 Å². The number of morpholine rings is 1. The van der Waals surface area contributed by atoms with Crippen molar-refractivity contribution in [2.45, 2.75) is 26.1 Å². The molecule has 128 valence electrons. The van der Waals surface area contributed by atoms with Crippen molar-refractivity contribution in [1.29, 1.82) is 0 Å². The van der Waals surface area contributed by atoms with E-state index in [1.54, 1.807) is 12.3 Å². The monoisotopic (exact) mass is 330 g/mol. The lowest BCUT2D eigenvalue weighted by atomic mass is 10.2. The molecule has 1 amide bonds. The lowest BCUT2D eigenvalue weighted by molar-refractivity contribution is -0.119. The number of rotatable bonds is 5. The highest BCUT2D eigenvalue weighted by atomic mass is 16.5. The Morgan fingerprint density at radius 2 is 2.29 bits per heavy atom. The molecule has 0 unspecified atom stereocenters. The van der Waals surface area contributed by atoms with Gasteiger partial charge in [-0.1, -0.05) is 0 Å². The number of hydrogen-bond acceptors (Lipinski definition) is 6. The molecular formula is C16H22N6O2. The Bertz CT molecular complexity index is 701. The smallest absolute Gasteiger partial charge is 0.217 e. The summed E-state index contributed by atoms with van der Waals surface area (Å²) in [5.41, 5.74) is 0.778. The standard InChI is InChI=1S/C16H22N6O2/c1-12(23)19-9-13-3-4-18-16(20-13)14-10-22(7-8-24-14)11-15-17-5-6-21(15)2/h3-6,14H,7-11H2,1-2H3,(H,19,23)/t14-/m0/s1. The number of carbonyl (C=O) groups excluding carboxylic acids is 1. The molecule has 24 heavy (non-hydrogen) atoms. The average molecular weight is 330 g/mol. The Kier molecular flexibility index (Phi) is 5.17. The molecule has 0 bridgehead atoms. The van der Waals surface area contributed by atoms with E-state index in [1.807, 2.05) is 24.0 Å². The summed E-state index contributed by atoms with van der Waals surface area (Å²) in [5, 5.41) is 2.75. The van der Waals surface area contributed by atoms with Gasteiger partial charge in [0.15, 0.2) is 5.82 Å². The fourth-order valence-corrected chi connectivity index (χ4v) is 2.63. The van der Waals surface area contributed by atoms with Gasteiger partial charge in [0, 0.05) is 45.7 Å². The third-order valence-corrected chi connectivity index (χ3v) is 3.97. The van der Waals surface area contributed by atoms with Crippen molar-refractivity contribution in [3.05, 3.63) is 42.0 Å². The Morgan fingerprint density at radius 1 is 1.42 bits per heavy atom. The number of aromatic nitrogens is 4. The van der Waals surface area contributed by atoms with Gasteiger partial charge in [-0.2, -0.15) is 0 Å². The summed E-state index contributed by atoms with van der Waals surface area (Å²) in [6, 6.07) is 1.80. The van der Waals surface area contributed by atoms with E-state index in [9.17, 15) is 4.79 Å². The predicted octanol–water partition coefficient (Wildman–Crippen LogP) is 0.420. The molecule has 2 aromatic heterocycles. The molecule has 1 atom stereocenters. The van der Waals surface area contributed by atoms with Crippen molar-refractivity contribution in [2.75, 3.05) is 19.7 Å². The predicted molar refractivity (Wildman–Crippen MR) is 86.7 cm³/mol. The largest absolute Gasteiger partial charge is 0.368 e. The fraction of sp³-hybridized carbons (Fsp3) is 0.500. The summed E-state index contributed by atoms with van der Waals surface area (Å²) in [6.45, 7) is 4.87. The summed E-state index contributed by atoms with van der Waals surface area (Å²) in [7, 11) is 1.99. The third-order valence-electron chi connectivity index (χ3n) is 3.97. The van der Waals surface area contributed by atoms with Gasteiger partial charge in [0.1, 0.15) is 11.9 Å². The highest BCUT2D eigenvalue weighted by Gasteiger charge is 2.25. The number of hydrogen-bond donors (Lipinski definition) is 1. The SMILES string of the molecule is CC(=O)NCc1ccnc([C@@H]2CN(Cc3nccn3C)CCO2)n1. The van der Waals surface area contributed by atoms with Crippen molar-refractivity contribution in [3.8, 4) is 0 Å². The first-order valence-electron chi connectivity index (χ1n) is 7.98. The van der Waals surface area contributed by atoms with Gasteiger partial charge in [-0.05, 0) is 6.07 Å². The van der Waals surface area contributed by atoms with E-state index in [0.717, 1.165) is 31.2 Å². The zero-order valence-corrected chi connectivity index (χ0v) is 14.0. The lowest BCUT2D eigenvalue weighted by Gasteiger charge is -2.31. The van der Waals surface area contributed by atoms with Crippen LogP contribution < -0.4 is 5.32 Å². The molecule has 0 aliphatic carbocycles. The normalized spacial score (nSPS) is 18.5. The zero-order chi connectivity index (χ0) is 16.9. The molecule has 8 nitrogen and oxygen atoms in total. The molecule has 1 N–H and O–H groups in total. The second-order valence-electron chi connectivity index (χ2n) is 5.86. The number of aryl methyl sites for hydroxylation is 1. The summed E-state index contributed by atoms with van der Waals surface area (Å²) in [4.78, 5) is 26.6. The van der Waals surface area contributed by atoms with Crippen LogP contribution in [0.2, 0.25) is 0 Å². The maximum Gasteiger partial charge on any atom is 0.217 e. The molecule has 1 fully saturated rings. The van der Waals surface area contributed by atoms with E-state index >= 15 is 0 Å². The molecule has 0 aromatic carbocycles. The maximum absolute atomic E-state index is 11.0. The van der Waals surface area contributed by atoms with E-state index in [1.165, 1.54) is 6.92 Å². The van der Waals surface area contributed by atoms with Crippen LogP contribution in [0.3, 0.4) is 0 Å². The summed E-state index contributed by atoms with van der Waals surface area (Å²) < 4.78 is 7.87. The molecule has 0 spiro atoms. The number of nitrogens with zero attached hydrogens (tertiary/aromatic N) is 5. The Balaban J connectivity index is 1.65. The number of carbonyl (C=O) groups is 1. The Labute approximate surface area is 140 Å². The maximum atomic E-state index is 11.0. The first-order chi connectivity index (χ1) is 11.6. The van der Waals surface area contributed by atoms with E-state index in [0.29, 0.717) is 19.0 Å². The van der Waals surface area contributed by atoms with E-state index in [-0.39, 0.29) is 12.0 Å². The van der Waals surface area contributed by atoms with Crippen LogP contribution in [-0.2, 0) is 29.7 Å². The molecule has 2 aromatic rings. The number of nitrogens with one attached hydrogen (secondary N) is 1. The first-order valence-corrected chi connectivity index (χ1v) is 7.98. The number of ether oxygens (including phenoxy) is 1. The highest BCUT2D eigenvalue weighted by Crippen LogP contribution is 2.20. The molecule has 1 saturated heterocycles. The topological polar surface area (TPSA) is 85.2 Å². The minimum Gasteiger partial charge on any atom is -0.368 e. The van der Waals surface area contributed by atoms with E-state index < -0.39 is 0 Å². The van der Waals surface area contributed by atoms with Gasteiger partial charge in [-0.15, -0.1) is 0 Å². The molecule has 0 radical (unpaired) electrons. The van der Waals surface area contributed by atoms with Crippen molar-refractivity contribution in [2.24, 2.45) is 7.05 Å². The van der Waals surface area contributed by atoms with Crippen molar-refractivity contribution >= 4 is 5.91 Å². The van der Waals surface area contributed by atoms with Crippen LogP contribution in [0.5, 0.6) is 0 Å². The molecule has 8 heteroatoms. The number of imidazole rings is 1. The zero-order valence-electron chi connectivity index (χ0n) is 14.0. The molecule has 1 aliphatic heterocycles. The lowest BCUT2D eigenvalue weighted by Crippen LogP contribution is -2.39. The summed E-state index contributed by atoms with van der Waals surface area (Å²) >= 11 is 0. The van der Waals surface area contributed by atoms with Crippen molar-refractivity contribution in [1.82, 2.24) is 29.7 Å². The first kappa shape index (κ1) is 16.5. The van der Waals surface area contributed by atoms with Gasteiger partial charge >= 0.3 is 0 Å². The van der Waals surface area contributed by atoms with Gasteiger partial charge in [-0.3, -0.25) is 9.69 Å². The van der Waals surface area contributed by atoms with Gasteiger partial charge in [0.2, 0.25) is 5.91 Å². The van der Waals surface area contributed by atoms with Crippen LogP contribution in [-0.4, -0.2) is 50.0 Å². The molecule has 3 rings (SSSR count). The molecular weight excluding hydrogens is 308 g/mol. The second-order valence-corrected chi connectivity index (χ2v) is 5.86. The number of amides is 1. The van der Waals surface area contributed by atoms with Crippen LogP contribution >= 0.6 is 0 Å². The second kappa shape index (κ2) is 7.50. The minimum absolute atomic E-state index is 0.0784. The fourth-order valence-electron chi connectivity index (χ4n) is 2.63. The van der Waals surface area contributed by atoms with Gasteiger partial charge in [-0.25, -0.2) is 15.0 Å². The third kappa shape index (κ3) is 4.15. The van der Waals surface area contributed by atoms with Crippen LogP contribution in [0.15, 0.2) is 24.7 Å². The minimum atomic E-state index is -0.170. The summed E-state index contributed by atoms with van der Waals surface area (Å²) in [5.74, 6) is 1.60. The van der Waals surface area contributed by atoms with Crippen LogP contribution in [0, 0.1) is 0 Å².